The Labute approximate surface area is 159 Å². The number of carboxylic acids is 2. The largest absolute Gasteiger partial charge is 0.478 e. The van der Waals surface area contributed by atoms with Crippen LogP contribution in [0.15, 0.2) is 48.5 Å². The van der Waals surface area contributed by atoms with Crippen molar-refractivity contribution in [2.24, 2.45) is 0 Å². The first kappa shape index (κ1) is 24.3. The van der Waals surface area contributed by atoms with Crippen molar-refractivity contribution in [2.45, 2.75) is 46.3 Å². The molecule has 0 amide bonds. The predicted molar refractivity (Wildman–Crippen MR) is 104 cm³/mol. The smallest absolute Gasteiger partial charge is 0.335 e. The fraction of sp³-hybridized carbons (Fsp3) is 0.333. The summed E-state index contributed by atoms with van der Waals surface area (Å²) in [6.45, 7) is 8.25. The van der Waals surface area contributed by atoms with E-state index in [4.69, 9.17) is 20.4 Å². The Balaban J connectivity index is 0.000000384. The van der Waals surface area contributed by atoms with Crippen LogP contribution >= 0.6 is 0 Å². The number of carbonyl (C=O) groups is 2. The van der Waals surface area contributed by atoms with Crippen LogP contribution in [0.5, 0.6) is 0 Å². The van der Waals surface area contributed by atoms with Gasteiger partial charge in [0.05, 0.1) is 22.8 Å². The first-order valence-corrected chi connectivity index (χ1v) is 8.36. The molecule has 0 fully saturated rings. The molecule has 0 saturated carbocycles. The molecule has 2 aromatic rings. The van der Waals surface area contributed by atoms with Crippen LogP contribution in [0.25, 0.3) is 0 Å². The standard InChI is InChI=1S/2C8H8O2.C5H12O2/c2*1-6-4-2-3-5-7(6)8(9)10;1-4(6)5(2,3)7/h2*2-5H,1H3,(H,9,10);4,6-7H,1-3H3. The van der Waals surface area contributed by atoms with Gasteiger partial charge in [-0.25, -0.2) is 9.59 Å². The van der Waals surface area contributed by atoms with Crippen LogP contribution in [-0.2, 0) is 0 Å². The molecule has 2 rings (SSSR count). The highest BCUT2D eigenvalue weighted by molar-refractivity contribution is 5.89. The van der Waals surface area contributed by atoms with E-state index >= 15 is 0 Å². The summed E-state index contributed by atoms with van der Waals surface area (Å²) >= 11 is 0. The fourth-order valence-electron chi connectivity index (χ4n) is 1.63. The van der Waals surface area contributed by atoms with E-state index in [0.717, 1.165) is 11.1 Å². The number of benzene rings is 2. The van der Waals surface area contributed by atoms with Crippen molar-refractivity contribution >= 4 is 11.9 Å². The molecule has 1 atom stereocenters. The Morgan fingerprint density at radius 1 is 0.815 bits per heavy atom. The van der Waals surface area contributed by atoms with Crippen LogP contribution in [0.2, 0.25) is 0 Å². The molecule has 0 saturated heterocycles. The van der Waals surface area contributed by atoms with Gasteiger partial charge >= 0.3 is 11.9 Å². The summed E-state index contributed by atoms with van der Waals surface area (Å²) in [4.78, 5) is 20.8. The second kappa shape index (κ2) is 11.1. The second-order valence-electron chi connectivity index (χ2n) is 6.57. The zero-order valence-electron chi connectivity index (χ0n) is 16.3. The predicted octanol–water partition coefficient (Wildman–Crippen LogP) is 3.52. The van der Waals surface area contributed by atoms with E-state index in [-0.39, 0.29) is 0 Å². The molecule has 6 nitrogen and oxygen atoms in total. The molecular weight excluding hydrogens is 348 g/mol. The number of carboxylic acid groups (broad SMARTS) is 2. The molecule has 6 heteroatoms. The maximum Gasteiger partial charge on any atom is 0.335 e. The van der Waals surface area contributed by atoms with Gasteiger partial charge in [0, 0.05) is 0 Å². The van der Waals surface area contributed by atoms with Gasteiger partial charge in [0.25, 0.3) is 0 Å². The monoisotopic (exact) mass is 376 g/mol. The molecule has 0 radical (unpaired) electrons. The van der Waals surface area contributed by atoms with Gasteiger partial charge in [-0.2, -0.15) is 0 Å². The highest BCUT2D eigenvalue weighted by atomic mass is 16.4. The molecule has 0 aliphatic heterocycles. The lowest BCUT2D eigenvalue weighted by molar-refractivity contribution is -0.0375. The van der Waals surface area contributed by atoms with Crippen molar-refractivity contribution < 1.29 is 30.0 Å². The molecule has 0 heterocycles. The minimum atomic E-state index is -0.944. The molecule has 148 valence electrons. The van der Waals surface area contributed by atoms with E-state index in [2.05, 4.69) is 0 Å². The zero-order chi connectivity index (χ0) is 21.2. The number of aromatic carboxylic acids is 2. The quantitative estimate of drug-likeness (QED) is 0.651. The molecule has 0 aliphatic carbocycles. The summed E-state index contributed by atoms with van der Waals surface area (Å²) in [5.41, 5.74) is 1.41. The first-order valence-electron chi connectivity index (χ1n) is 8.36. The third-order valence-electron chi connectivity index (χ3n) is 3.77. The van der Waals surface area contributed by atoms with Crippen LogP contribution in [0.3, 0.4) is 0 Å². The van der Waals surface area contributed by atoms with Crippen molar-refractivity contribution in [1.82, 2.24) is 0 Å². The molecule has 1 unspecified atom stereocenters. The van der Waals surface area contributed by atoms with Crippen molar-refractivity contribution in [3.63, 3.8) is 0 Å². The second-order valence-corrected chi connectivity index (χ2v) is 6.57. The minimum Gasteiger partial charge on any atom is -0.478 e. The maximum absolute atomic E-state index is 10.4. The van der Waals surface area contributed by atoms with Crippen molar-refractivity contribution in [1.29, 1.82) is 0 Å². The first-order chi connectivity index (χ1) is 12.4. The number of aryl methyl sites for hydroxylation is 2. The Bertz CT molecular complexity index is 689. The van der Waals surface area contributed by atoms with Crippen molar-refractivity contribution in [3.05, 3.63) is 70.8 Å². The number of aliphatic hydroxyl groups is 2. The molecule has 0 aromatic heterocycles. The summed E-state index contributed by atoms with van der Waals surface area (Å²) in [6, 6.07) is 13.8. The van der Waals surface area contributed by atoms with Gasteiger partial charge in [-0.15, -0.1) is 0 Å². The van der Waals surface area contributed by atoms with Crippen LogP contribution in [0.4, 0.5) is 0 Å². The minimum absolute atomic E-state index is 0.377. The Morgan fingerprint density at radius 3 is 1.22 bits per heavy atom. The van der Waals surface area contributed by atoms with E-state index in [1.54, 1.807) is 71.0 Å². The summed E-state index contributed by atoms with van der Waals surface area (Å²) in [5.74, 6) is -1.73. The normalized spacial score (nSPS) is 11.2. The SMILES string of the molecule is CC(O)C(C)(C)O.Cc1ccccc1C(=O)O.Cc1ccccc1C(=O)O. The lowest BCUT2D eigenvalue weighted by atomic mass is 10.0. The van der Waals surface area contributed by atoms with E-state index in [9.17, 15) is 9.59 Å². The van der Waals surface area contributed by atoms with E-state index < -0.39 is 23.6 Å². The summed E-state index contributed by atoms with van der Waals surface area (Å²) < 4.78 is 0. The van der Waals surface area contributed by atoms with Crippen molar-refractivity contribution in [3.8, 4) is 0 Å². The summed E-state index contributed by atoms with van der Waals surface area (Å²) in [5, 5.41) is 34.6. The van der Waals surface area contributed by atoms with Gasteiger partial charge in [0.2, 0.25) is 0 Å². The topological polar surface area (TPSA) is 115 Å². The molecular formula is C21H28O6. The summed E-state index contributed by atoms with van der Waals surface area (Å²) in [6.07, 6.45) is -0.646. The van der Waals surface area contributed by atoms with Gasteiger partial charge in [-0.05, 0) is 57.9 Å². The highest BCUT2D eigenvalue weighted by Crippen LogP contribution is 2.06. The van der Waals surface area contributed by atoms with Crippen LogP contribution in [0.1, 0.15) is 52.6 Å². The van der Waals surface area contributed by atoms with E-state index in [0.29, 0.717) is 11.1 Å². The summed E-state index contributed by atoms with van der Waals surface area (Å²) in [7, 11) is 0. The Kier molecular flexibility index (Phi) is 10.00. The van der Waals surface area contributed by atoms with Crippen molar-refractivity contribution in [2.75, 3.05) is 0 Å². The fourth-order valence-corrected chi connectivity index (χ4v) is 1.63. The third-order valence-corrected chi connectivity index (χ3v) is 3.77. The Hall–Kier alpha value is -2.70. The van der Waals surface area contributed by atoms with Crippen LogP contribution < -0.4 is 0 Å². The number of hydrogen-bond donors (Lipinski definition) is 4. The van der Waals surface area contributed by atoms with Gasteiger partial charge < -0.3 is 20.4 Å². The Morgan fingerprint density at radius 2 is 1.07 bits per heavy atom. The molecule has 27 heavy (non-hydrogen) atoms. The lowest BCUT2D eigenvalue weighted by Gasteiger charge is -2.19. The van der Waals surface area contributed by atoms with Gasteiger partial charge in [-0.3, -0.25) is 0 Å². The van der Waals surface area contributed by atoms with Gasteiger partial charge in [0.1, 0.15) is 0 Å². The van der Waals surface area contributed by atoms with Crippen LogP contribution in [0, 0.1) is 13.8 Å². The molecule has 0 spiro atoms. The van der Waals surface area contributed by atoms with Crippen LogP contribution in [-0.4, -0.2) is 44.1 Å². The number of rotatable bonds is 3. The molecule has 4 N–H and O–H groups in total. The maximum atomic E-state index is 10.4. The van der Waals surface area contributed by atoms with E-state index in [1.165, 1.54) is 0 Å². The zero-order valence-corrected chi connectivity index (χ0v) is 16.3. The number of aliphatic hydroxyl groups excluding tert-OH is 1. The average molecular weight is 376 g/mol. The lowest BCUT2D eigenvalue weighted by Crippen LogP contribution is -2.32. The van der Waals surface area contributed by atoms with Gasteiger partial charge in [-0.1, -0.05) is 36.4 Å². The van der Waals surface area contributed by atoms with Gasteiger partial charge in [0.15, 0.2) is 0 Å². The molecule has 0 aliphatic rings. The average Bonchev–Trinajstić information content (AvgIpc) is 2.55. The highest BCUT2D eigenvalue weighted by Gasteiger charge is 2.18. The molecule has 2 aromatic carbocycles. The van der Waals surface area contributed by atoms with E-state index in [1.807, 2.05) is 12.1 Å². The third kappa shape index (κ3) is 9.53. The molecule has 0 bridgehead atoms. The number of hydrogen-bond acceptors (Lipinski definition) is 4.